The van der Waals surface area contributed by atoms with Gasteiger partial charge in [-0.25, -0.2) is 0 Å². The minimum Gasteiger partial charge on any atom is -0.462 e. The van der Waals surface area contributed by atoms with E-state index in [0.29, 0.717) is 0 Å². The van der Waals surface area contributed by atoms with Gasteiger partial charge in [0.1, 0.15) is 0 Å². The first kappa shape index (κ1) is 14.0. The highest BCUT2D eigenvalue weighted by Crippen LogP contribution is 2.72. The zero-order chi connectivity index (χ0) is 13.9. The molecule has 0 spiro atoms. The predicted molar refractivity (Wildman–Crippen MR) is 72.5 cm³/mol. The Balaban J connectivity index is 2.49. The molecule has 0 aromatic rings. The van der Waals surface area contributed by atoms with Crippen molar-refractivity contribution >= 4 is 27.7 Å². The number of rotatable bonds is 2. The molecular weight excluding hydrogens is 296 g/mol. The molecule has 2 rings (SSSR count). The van der Waals surface area contributed by atoms with Crippen molar-refractivity contribution in [3.63, 3.8) is 0 Å². The second kappa shape index (κ2) is 3.81. The van der Waals surface area contributed by atoms with Crippen molar-refractivity contribution in [3.8, 4) is 0 Å². The zero-order valence-corrected chi connectivity index (χ0v) is 13.3. The van der Waals surface area contributed by atoms with E-state index in [0.717, 1.165) is 12.8 Å². The molecule has 0 heterocycles. The number of halogens is 1. The van der Waals surface area contributed by atoms with Crippen molar-refractivity contribution < 1.29 is 14.3 Å². The first-order chi connectivity index (χ1) is 8.11. The van der Waals surface area contributed by atoms with Crippen molar-refractivity contribution in [1.29, 1.82) is 0 Å². The first-order valence-corrected chi connectivity index (χ1v) is 7.42. The van der Waals surface area contributed by atoms with E-state index in [1.54, 1.807) is 0 Å². The number of fused-ring (bicyclic) bond motifs is 2. The van der Waals surface area contributed by atoms with Gasteiger partial charge in [0, 0.05) is 5.41 Å². The van der Waals surface area contributed by atoms with E-state index in [9.17, 15) is 9.59 Å². The van der Waals surface area contributed by atoms with Crippen LogP contribution in [0.25, 0.3) is 0 Å². The van der Waals surface area contributed by atoms with Crippen LogP contribution in [0, 0.1) is 16.2 Å². The van der Waals surface area contributed by atoms with Crippen molar-refractivity contribution in [1.82, 2.24) is 0 Å². The van der Waals surface area contributed by atoms with Gasteiger partial charge in [0.2, 0.25) is 0 Å². The summed E-state index contributed by atoms with van der Waals surface area (Å²) in [5.74, 6) is -0.0709. The molecule has 2 fully saturated rings. The van der Waals surface area contributed by atoms with Crippen LogP contribution in [0.15, 0.2) is 0 Å². The quantitative estimate of drug-likeness (QED) is 0.581. The van der Waals surface area contributed by atoms with E-state index in [1.807, 2.05) is 34.6 Å². The summed E-state index contributed by atoms with van der Waals surface area (Å²) in [6.45, 7) is 9.73. The summed E-state index contributed by atoms with van der Waals surface area (Å²) in [7, 11) is 0. The van der Waals surface area contributed by atoms with E-state index in [1.165, 1.54) is 0 Å². The molecule has 0 radical (unpaired) electrons. The summed E-state index contributed by atoms with van der Waals surface area (Å²) in [6.07, 6.45) is 1.35. The molecule has 2 bridgehead atoms. The fraction of sp³-hybridized carbons (Fsp3) is 0.857. The zero-order valence-electron chi connectivity index (χ0n) is 11.7. The summed E-state index contributed by atoms with van der Waals surface area (Å²) >= 11 is 3.47. The van der Waals surface area contributed by atoms with E-state index >= 15 is 0 Å². The van der Waals surface area contributed by atoms with E-state index in [2.05, 4.69) is 15.9 Å². The summed E-state index contributed by atoms with van der Waals surface area (Å²) < 4.78 is 5.43. The van der Waals surface area contributed by atoms with Gasteiger partial charge in [0.15, 0.2) is 5.78 Å². The van der Waals surface area contributed by atoms with Gasteiger partial charge in [-0.15, -0.1) is 0 Å². The summed E-state index contributed by atoms with van der Waals surface area (Å²) in [5, 5.41) is 0. The van der Waals surface area contributed by atoms with Crippen LogP contribution >= 0.6 is 15.9 Å². The van der Waals surface area contributed by atoms with Gasteiger partial charge in [-0.1, -0.05) is 36.7 Å². The van der Waals surface area contributed by atoms with Crippen LogP contribution in [0.2, 0.25) is 0 Å². The lowest BCUT2D eigenvalue weighted by atomic mass is 9.65. The molecule has 102 valence electrons. The third kappa shape index (κ3) is 1.30. The van der Waals surface area contributed by atoms with E-state index < -0.39 is 15.7 Å². The average Bonchev–Trinajstić information content (AvgIpc) is 2.51. The summed E-state index contributed by atoms with van der Waals surface area (Å²) in [4.78, 5) is 24.6. The lowest BCUT2D eigenvalue weighted by Gasteiger charge is -2.39. The van der Waals surface area contributed by atoms with Crippen LogP contribution in [0.4, 0.5) is 0 Å². The van der Waals surface area contributed by atoms with Crippen molar-refractivity contribution in [3.05, 3.63) is 0 Å². The Morgan fingerprint density at radius 1 is 1.33 bits per heavy atom. The fourth-order valence-electron chi connectivity index (χ4n) is 3.72. The molecule has 4 heteroatoms. The van der Waals surface area contributed by atoms with Gasteiger partial charge in [-0.2, -0.15) is 0 Å². The van der Waals surface area contributed by atoms with Crippen LogP contribution in [0.3, 0.4) is 0 Å². The Morgan fingerprint density at radius 2 is 1.89 bits per heavy atom. The number of hydrogen-bond acceptors (Lipinski definition) is 3. The van der Waals surface area contributed by atoms with Crippen molar-refractivity contribution in [2.75, 3.05) is 0 Å². The second-order valence-electron chi connectivity index (χ2n) is 6.61. The molecule has 3 unspecified atom stereocenters. The molecule has 2 saturated carbocycles. The maximum Gasteiger partial charge on any atom is 0.314 e. The van der Waals surface area contributed by atoms with Crippen molar-refractivity contribution in [2.45, 2.75) is 58.4 Å². The van der Waals surface area contributed by atoms with Crippen LogP contribution in [-0.2, 0) is 14.3 Å². The highest BCUT2D eigenvalue weighted by atomic mass is 79.9. The van der Waals surface area contributed by atoms with Gasteiger partial charge in [-0.3, -0.25) is 9.59 Å². The third-order valence-corrected chi connectivity index (χ3v) is 6.63. The number of Topliss-reactive ketones (excluding diaryl/α,β-unsaturated/α-hetero) is 1. The maximum atomic E-state index is 12.5. The first-order valence-electron chi connectivity index (χ1n) is 6.51. The SMILES string of the molecule is CC(C)OC(=O)C12CCC(C)(C(=O)C1Br)C2(C)C. The Bertz CT molecular complexity index is 415. The number of ether oxygens (including phenoxy) is 1. The number of hydrogen-bond donors (Lipinski definition) is 0. The van der Waals surface area contributed by atoms with E-state index in [4.69, 9.17) is 4.74 Å². The number of esters is 1. The molecular formula is C14H21BrO3. The van der Waals surface area contributed by atoms with Crippen LogP contribution in [-0.4, -0.2) is 22.7 Å². The summed E-state index contributed by atoms with van der Waals surface area (Å²) in [6, 6.07) is 0. The molecule has 2 aliphatic rings. The average molecular weight is 317 g/mol. The fourth-order valence-corrected chi connectivity index (χ4v) is 5.22. The van der Waals surface area contributed by atoms with Crippen LogP contribution < -0.4 is 0 Å². The number of ketones is 1. The van der Waals surface area contributed by atoms with Gasteiger partial charge in [-0.05, 0) is 32.1 Å². The normalized spacial score (nSPS) is 41.5. The highest BCUT2D eigenvalue weighted by Gasteiger charge is 2.77. The molecule has 0 aliphatic heterocycles. The second-order valence-corrected chi connectivity index (χ2v) is 7.53. The minimum atomic E-state index is -0.705. The molecule has 3 nitrogen and oxygen atoms in total. The van der Waals surface area contributed by atoms with Crippen LogP contribution in [0.5, 0.6) is 0 Å². The Kier molecular flexibility index (Phi) is 2.97. The molecule has 3 atom stereocenters. The van der Waals surface area contributed by atoms with Crippen LogP contribution in [0.1, 0.15) is 47.5 Å². The Morgan fingerprint density at radius 3 is 2.28 bits per heavy atom. The minimum absolute atomic E-state index is 0.148. The predicted octanol–water partition coefficient (Wildman–Crippen LogP) is 3.10. The Labute approximate surface area is 117 Å². The van der Waals surface area contributed by atoms with Crippen molar-refractivity contribution in [2.24, 2.45) is 16.2 Å². The molecule has 18 heavy (non-hydrogen) atoms. The van der Waals surface area contributed by atoms with Gasteiger partial charge < -0.3 is 4.74 Å². The smallest absolute Gasteiger partial charge is 0.314 e. The topological polar surface area (TPSA) is 43.4 Å². The lowest BCUT2D eigenvalue weighted by Crippen LogP contribution is -2.46. The summed E-state index contributed by atoms with van der Waals surface area (Å²) in [5.41, 5.74) is -1.49. The molecule has 2 aliphatic carbocycles. The monoisotopic (exact) mass is 316 g/mol. The molecule has 0 aromatic carbocycles. The van der Waals surface area contributed by atoms with E-state index in [-0.39, 0.29) is 23.3 Å². The number of carbonyl (C=O) groups is 2. The Hall–Kier alpha value is -0.380. The number of alkyl halides is 1. The molecule has 0 amide bonds. The molecule has 0 N–H and O–H groups in total. The molecule has 0 aromatic heterocycles. The third-order valence-electron chi connectivity index (χ3n) is 5.43. The number of carbonyl (C=O) groups excluding carboxylic acids is 2. The standard InChI is InChI=1S/C14H21BrO3/c1-8(2)18-11(17)14-7-6-13(5,12(14,3)4)10(16)9(14)15/h8-9H,6-7H2,1-5H3. The maximum absolute atomic E-state index is 12.5. The van der Waals surface area contributed by atoms with Gasteiger partial charge >= 0.3 is 5.97 Å². The molecule has 0 saturated heterocycles. The largest absolute Gasteiger partial charge is 0.462 e. The van der Waals surface area contributed by atoms with Gasteiger partial charge in [0.05, 0.1) is 16.3 Å². The van der Waals surface area contributed by atoms with Gasteiger partial charge in [0.25, 0.3) is 0 Å². The lowest BCUT2D eigenvalue weighted by molar-refractivity contribution is -0.165. The highest BCUT2D eigenvalue weighted by molar-refractivity contribution is 9.10.